The second kappa shape index (κ2) is 4.63. The van der Waals surface area contributed by atoms with Crippen LogP contribution >= 0.6 is 15.9 Å². The van der Waals surface area contributed by atoms with Crippen molar-refractivity contribution < 1.29 is 4.92 Å². The zero-order valence-corrected chi connectivity index (χ0v) is 8.74. The average Bonchev–Trinajstić information content (AvgIpc) is 2.14. The molecule has 0 amide bonds. The van der Waals surface area contributed by atoms with E-state index in [0.29, 0.717) is 10.9 Å². The molecule has 0 unspecified atom stereocenters. The van der Waals surface area contributed by atoms with Gasteiger partial charge in [0.15, 0.2) is 0 Å². The summed E-state index contributed by atoms with van der Waals surface area (Å²) in [6.07, 6.45) is 0. The van der Waals surface area contributed by atoms with E-state index in [1.165, 1.54) is 6.07 Å². The van der Waals surface area contributed by atoms with Gasteiger partial charge in [0.2, 0.25) is 0 Å². The number of benzene rings is 1. The summed E-state index contributed by atoms with van der Waals surface area (Å²) in [4.78, 5) is 10.1. The van der Waals surface area contributed by atoms with Crippen LogP contribution in [-0.4, -0.2) is 10.3 Å². The molecule has 0 aromatic heterocycles. The van der Waals surface area contributed by atoms with Crippen molar-refractivity contribution in [3.05, 3.63) is 33.9 Å². The highest BCUT2D eigenvalue weighted by atomic mass is 79.9. The van der Waals surface area contributed by atoms with Crippen molar-refractivity contribution in [3.63, 3.8) is 0 Å². The molecule has 14 heavy (non-hydrogen) atoms. The second-order valence-corrected chi connectivity index (χ2v) is 3.00. The smallest absolute Gasteiger partial charge is 0.307 e. The summed E-state index contributed by atoms with van der Waals surface area (Å²) in [7, 11) is 0. The van der Waals surface area contributed by atoms with Gasteiger partial charge in [-0.05, 0) is 12.1 Å². The molecule has 1 rings (SSSR count). The molecule has 0 saturated heterocycles. The lowest BCUT2D eigenvalue weighted by Crippen LogP contribution is -1.98. The Hall–Kier alpha value is -1.54. The zero-order valence-electron chi connectivity index (χ0n) is 7.16. The number of anilines is 1. The third kappa shape index (κ3) is 2.24. The van der Waals surface area contributed by atoms with Crippen molar-refractivity contribution in [2.45, 2.75) is 0 Å². The first-order valence-corrected chi connectivity index (χ1v) is 4.86. The summed E-state index contributed by atoms with van der Waals surface area (Å²) < 4.78 is 0. The number of rotatable bonds is 1. The minimum Gasteiger partial charge on any atom is -0.393 e. The number of halogens is 1. The van der Waals surface area contributed by atoms with Crippen molar-refractivity contribution >= 4 is 27.3 Å². The van der Waals surface area contributed by atoms with Crippen LogP contribution in [0.3, 0.4) is 0 Å². The maximum Gasteiger partial charge on any atom is 0.307 e. The summed E-state index contributed by atoms with van der Waals surface area (Å²) in [5, 5.41) is 11.1. The van der Waals surface area contributed by atoms with Gasteiger partial charge < -0.3 is 5.73 Å². The number of nitro benzene ring substituents is 1. The Morgan fingerprint density at radius 2 is 2.29 bits per heavy atom. The molecule has 2 N–H and O–H groups in total. The Bertz CT molecular complexity index is 421. The van der Waals surface area contributed by atoms with Gasteiger partial charge >= 0.3 is 5.69 Å². The van der Waals surface area contributed by atoms with Crippen LogP contribution in [0.2, 0.25) is 0 Å². The molecule has 72 valence electrons. The normalized spacial score (nSPS) is 8.93. The third-order valence-electron chi connectivity index (χ3n) is 1.54. The summed E-state index contributed by atoms with van der Waals surface area (Å²) in [5.74, 6) is 5.36. The van der Waals surface area contributed by atoms with Crippen molar-refractivity contribution in [3.8, 4) is 11.8 Å². The fourth-order valence-corrected chi connectivity index (χ4v) is 1.13. The molecule has 0 aliphatic heterocycles. The minimum absolute atomic E-state index is 0.124. The van der Waals surface area contributed by atoms with Crippen molar-refractivity contribution in [1.29, 1.82) is 0 Å². The van der Waals surface area contributed by atoms with E-state index in [1.54, 1.807) is 12.1 Å². The lowest BCUT2D eigenvalue weighted by atomic mass is 10.1. The number of nitrogen functional groups attached to an aromatic ring is 1. The summed E-state index contributed by atoms with van der Waals surface area (Å²) >= 11 is 3.11. The van der Waals surface area contributed by atoms with Crippen LogP contribution < -0.4 is 5.73 Å². The van der Waals surface area contributed by atoms with Crippen LogP contribution in [0.15, 0.2) is 18.2 Å². The minimum atomic E-state index is -0.520. The van der Waals surface area contributed by atoms with Crippen LogP contribution in [0.25, 0.3) is 0 Å². The van der Waals surface area contributed by atoms with E-state index in [2.05, 4.69) is 27.8 Å². The maximum absolute atomic E-state index is 10.7. The average molecular weight is 255 g/mol. The van der Waals surface area contributed by atoms with Crippen molar-refractivity contribution in [1.82, 2.24) is 0 Å². The number of hydrogen-bond donors (Lipinski definition) is 1. The second-order valence-electron chi connectivity index (χ2n) is 2.44. The van der Waals surface area contributed by atoms with Crippen LogP contribution in [-0.2, 0) is 0 Å². The van der Waals surface area contributed by atoms with Gasteiger partial charge in [-0.1, -0.05) is 33.8 Å². The molecule has 0 saturated carbocycles. The highest BCUT2D eigenvalue weighted by molar-refractivity contribution is 9.09. The lowest BCUT2D eigenvalue weighted by molar-refractivity contribution is -0.384. The summed E-state index contributed by atoms with van der Waals surface area (Å²) in [6.45, 7) is 0. The Morgan fingerprint density at radius 3 is 2.86 bits per heavy atom. The first kappa shape index (κ1) is 10.5. The van der Waals surface area contributed by atoms with Gasteiger partial charge in [-0.15, -0.1) is 0 Å². The SMILES string of the molecule is Nc1cccc(C#CCBr)c1[N+](=O)[O-]. The van der Waals surface area contributed by atoms with E-state index >= 15 is 0 Å². The molecular formula is C9H7BrN2O2. The monoisotopic (exact) mass is 254 g/mol. The van der Waals surface area contributed by atoms with Crippen LogP contribution in [0.1, 0.15) is 5.56 Å². The predicted molar refractivity (Wildman–Crippen MR) is 58.2 cm³/mol. The highest BCUT2D eigenvalue weighted by Gasteiger charge is 2.15. The molecule has 5 heteroatoms. The molecule has 0 radical (unpaired) electrons. The van der Waals surface area contributed by atoms with Gasteiger partial charge in [0.1, 0.15) is 11.3 Å². The fourth-order valence-electron chi connectivity index (χ4n) is 0.995. The van der Waals surface area contributed by atoms with Gasteiger partial charge in [-0.2, -0.15) is 0 Å². The Balaban J connectivity index is 3.28. The number of hydrogen-bond acceptors (Lipinski definition) is 3. The van der Waals surface area contributed by atoms with E-state index in [-0.39, 0.29) is 11.4 Å². The molecule has 0 bridgehead atoms. The number of alkyl halides is 1. The summed E-state index contributed by atoms with van der Waals surface area (Å²) in [6, 6.07) is 4.70. The first-order chi connectivity index (χ1) is 6.66. The van der Waals surface area contributed by atoms with Crippen LogP contribution in [0.5, 0.6) is 0 Å². The first-order valence-electron chi connectivity index (χ1n) is 3.74. The van der Waals surface area contributed by atoms with E-state index in [4.69, 9.17) is 5.73 Å². The zero-order chi connectivity index (χ0) is 10.6. The highest BCUT2D eigenvalue weighted by Crippen LogP contribution is 2.24. The molecule has 0 spiro atoms. The van der Waals surface area contributed by atoms with E-state index < -0.39 is 4.92 Å². The fraction of sp³-hybridized carbons (Fsp3) is 0.111. The molecule has 0 fully saturated rings. The number of nitrogens with zero attached hydrogens (tertiary/aromatic N) is 1. The van der Waals surface area contributed by atoms with Crippen molar-refractivity contribution in [2.24, 2.45) is 0 Å². The molecule has 1 aromatic rings. The standard InChI is InChI=1S/C9H7BrN2O2/c10-6-2-4-7-3-1-5-8(11)9(7)12(13)14/h1,3,5H,6,11H2. The largest absolute Gasteiger partial charge is 0.393 e. The lowest BCUT2D eigenvalue weighted by Gasteiger charge is -1.98. The van der Waals surface area contributed by atoms with Gasteiger partial charge in [0.05, 0.1) is 10.3 Å². The van der Waals surface area contributed by atoms with Crippen molar-refractivity contribution in [2.75, 3.05) is 11.1 Å². The molecule has 0 atom stereocenters. The van der Waals surface area contributed by atoms with Crippen LogP contribution in [0, 0.1) is 22.0 Å². The van der Waals surface area contributed by atoms with Gasteiger partial charge in [-0.25, -0.2) is 0 Å². The van der Waals surface area contributed by atoms with Gasteiger partial charge in [-0.3, -0.25) is 10.1 Å². The van der Waals surface area contributed by atoms with Gasteiger partial charge in [0, 0.05) is 0 Å². The topological polar surface area (TPSA) is 69.2 Å². The van der Waals surface area contributed by atoms with E-state index in [9.17, 15) is 10.1 Å². The number of para-hydroxylation sites is 1. The molecule has 4 nitrogen and oxygen atoms in total. The molecule has 0 aliphatic carbocycles. The Labute approximate surface area is 89.4 Å². The number of nitrogens with two attached hydrogens (primary N) is 1. The Morgan fingerprint density at radius 1 is 1.57 bits per heavy atom. The Kier molecular flexibility index (Phi) is 3.48. The van der Waals surface area contributed by atoms with Crippen LogP contribution in [0.4, 0.5) is 11.4 Å². The number of nitro groups is 1. The van der Waals surface area contributed by atoms with E-state index in [1.807, 2.05) is 0 Å². The molecule has 0 heterocycles. The van der Waals surface area contributed by atoms with E-state index in [0.717, 1.165) is 0 Å². The third-order valence-corrected chi connectivity index (χ3v) is 1.82. The van der Waals surface area contributed by atoms with Gasteiger partial charge in [0.25, 0.3) is 0 Å². The molecular weight excluding hydrogens is 248 g/mol. The summed E-state index contributed by atoms with van der Waals surface area (Å²) in [5.41, 5.74) is 5.83. The maximum atomic E-state index is 10.7. The predicted octanol–water partition coefficient (Wildman–Crippen LogP) is 1.92. The molecule has 1 aromatic carbocycles. The molecule has 0 aliphatic rings. The quantitative estimate of drug-likeness (QED) is 0.274.